The summed E-state index contributed by atoms with van der Waals surface area (Å²) < 4.78 is 17.3. The van der Waals surface area contributed by atoms with Crippen molar-refractivity contribution in [1.29, 1.82) is 0 Å². The van der Waals surface area contributed by atoms with Crippen LogP contribution in [0.5, 0.6) is 5.75 Å². The summed E-state index contributed by atoms with van der Waals surface area (Å²) in [6, 6.07) is 15.1. The van der Waals surface area contributed by atoms with Gasteiger partial charge in [-0.25, -0.2) is 4.79 Å². The summed E-state index contributed by atoms with van der Waals surface area (Å²) in [4.78, 5) is 24.5. The predicted octanol–water partition coefficient (Wildman–Crippen LogP) is 5.24. The third kappa shape index (κ3) is 6.28. The highest BCUT2D eigenvalue weighted by molar-refractivity contribution is 5.89. The molecule has 1 N–H and O–H groups in total. The maximum absolute atomic E-state index is 12.9. The molecular weight excluding hydrogens is 480 g/mol. The van der Waals surface area contributed by atoms with E-state index in [1.54, 1.807) is 19.1 Å². The van der Waals surface area contributed by atoms with E-state index in [-0.39, 0.29) is 41.9 Å². The zero-order valence-corrected chi connectivity index (χ0v) is 22.3. The van der Waals surface area contributed by atoms with E-state index >= 15 is 0 Å². The van der Waals surface area contributed by atoms with Gasteiger partial charge in [-0.2, -0.15) is 0 Å². The molecule has 0 saturated heterocycles. The quantitative estimate of drug-likeness (QED) is 0.264. The van der Waals surface area contributed by atoms with Gasteiger partial charge in [-0.1, -0.05) is 55.5 Å². The number of fused-ring (bicyclic) bond motifs is 3. The standard InChI is InChI=1S/C32H36O6/c1-4-5-11-21(2)26(33)19-18-24-27(38-32(35)23-12-7-6-8-13-23)20-28-30(24)25-16-9-14-22(31(25)37-28)15-10-17-29(34)36-3/h6-9,12-14,16,18-19,21,24,26-28,30,33H,10-11,15,17,20H2,1-3H3/b19-18+/t21?,24-,26+,27+,28-,30-/m0/s1. The first kappa shape index (κ1) is 27.5. The van der Waals surface area contributed by atoms with E-state index in [4.69, 9.17) is 14.2 Å². The van der Waals surface area contributed by atoms with Crippen LogP contribution in [-0.4, -0.2) is 42.5 Å². The highest BCUT2D eigenvalue weighted by Gasteiger charge is 2.51. The van der Waals surface area contributed by atoms with Gasteiger partial charge in [-0.05, 0) is 43.4 Å². The normalized spacial score (nSPS) is 22.9. The van der Waals surface area contributed by atoms with Crippen molar-refractivity contribution in [2.45, 2.75) is 70.2 Å². The van der Waals surface area contributed by atoms with Gasteiger partial charge in [0.2, 0.25) is 0 Å². The number of aliphatic hydroxyl groups is 1. The Hall–Kier alpha value is -3.56. The first-order chi connectivity index (χ1) is 18.4. The summed E-state index contributed by atoms with van der Waals surface area (Å²) in [6.07, 6.45) is 5.52. The Kier molecular flexibility index (Phi) is 9.25. The molecule has 200 valence electrons. The van der Waals surface area contributed by atoms with Crippen molar-refractivity contribution in [3.8, 4) is 17.6 Å². The van der Waals surface area contributed by atoms with Gasteiger partial charge in [-0.3, -0.25) is 4.79 Å². The molecule has 1 fully saturated rings. The topological polar surface area (TPSA) is 82.1 Å². The summed E-state index contributed by atoms with van der Waals surface area (Å²) in [7, 11) is 1.40. The zero-order chi connectivity index (χ0) is 27.1. The van der Waals surface area contributed by atoms with E-state index in [1.165, 1.54) is 7.11 Å². The van der Waals surface area contributed by atoms with Crippen molar-refractivity contribution in [2.24, 2.45) is 11.8 Å². The maximum Gasteiger partial charge on any atom is 0.338 e. The minimum atomic E-state index is -0.660. The van der Waals surface area contributed by atoms with Crippen LogP contribution in [0.3, 0.4) is 0 Å². The number of hydrogen-bond donors (Lipinski definition) is 1. The Labute approximate surface area is 225 Å². The van der Waals surface area contributed by atoms with E-state index < -0.39 is 6.10 Å². The molecule has 0 radical (unpaired) electrons. The molecule has 2 aromatic rings. The number of benzene rings is 2. The predicted molar refractivity (Wildman–Crippen MR) is 145 cm³/mol. The minimum Gasteiger partial charge on any atom is -0.489 e. The van der Waals surface area contributed by atoms with E-state index in [0.29, 0.717) is 37.7 Å². The largest absolute Gasteiger partial charge is 0.489 e. The lowest BCUT2D eigenvalue weighted by atomic mass is 9.86. The van der Waals surface area contributed by atoms with Crippen LogP contribution in [0.25, 0.3) is 0 Å². The average Bonchev–Trinajstić information content (AvgIpc) is 3.46. The first-order valence-corrected chi connectivity index (χ1v) is 13.3. The lowest BCUT2D eigenvalue weighted by molar-refractivity contribution is -0.140. The van der Waals surface area contributed by atoms with Gasteiger partial charge in [0.25, 0.3) is 0 Å². The van der Waals surface area contributed by atoms with Crippen LogP contribution < -0.4 is 4.74 Å². The van der Waals surface area contributed by atoms with Gasteiger partial charge < -0.3 is 19.3 Å². The summed E-state index contributed by atoms with van der Waals surface area (Å²) in [5, 5.41) is 10.8. The molecule has 2 aliphatic rings. The van der Waals surface area contributed by atoms with Crippen LogP contribution >= 0.6 is 0 Å². The Morgan fingerprint density at radius 1 is 1.18 bits per heavy atom. The number of methoxy groups -OCH3 is 1. The van der Waals surface area contributed by atoms with Crippen LogP contribution in [0.1, 0.15) is 66.9 Å². The molecule has 38 heavy (non-hydrogen) atoms. The Bertz CT molecular complexity index is 1210. The molecule has 6 heteroatoms. The third-order valence-corrected chi connectivity index (χ3v) is 7.50. The fraction of sp³-hybridized carbons (Fsp3) is 0.438. The smallest absolute Gasteiger partial charge is 0.338 e. The van der Waals surface area contributed by atoms with Crippen LogP contribution in [0.2, 0.25) is 0 Å². The number of ether oxygens (including phenoxy) is 3. The molecular formula is C32H36O6. The second kappa shape index (κ2) is 12.8. The van der Waals surface area contributed by atoms with Gasteiger partial charge in [0, 0.05) is 36.7 Å². The van der Waals surface area contributed by atoms with Gasteiger partial charge in [0.15, 0.2) is 0 Å². The van der Waals surface area contributed by atoms with Gasteiger partial charge in [0.1, 0.15) is 18.0 Å². The summed E-state index contributed by atoms with van der Waals surface area (Å²) in [5.41, 5.74) is 2.65. The van der Waals surface area contributed by atoms with Crippen LogP contribution in [-0.2, 0) is 20.7 Å². The van der Waals surface area contributed by atoms with Crippen molar-refractivity contribution in [3.63, 3.8) is 0 Å². The second-order valence-electron chi connectivity index (χ2n) is 10.1. The molecule has 2 aromatic carbocycles. The number of esters is 2. The Morgan fingerprint density at radius 2 is 1.97 bits per heavy atom. The van der Waals surface area contributed by atoms with Crippen LogP contribution in [0, 0.1) is 23.7 Å². The molecule has 0 spiro atoms. The molecule has 4 rings (SSSR count). The minimum absolute atomic E-state index is 0.00619. The van der Waals surface area contributed by atoms with Crippen molar-refractivity contribution in [3.05, 3.63) is 77.4 Å². The second-order valence-corrected chi connectivity index (χ2v) is 10.1. The Morgan fingerprint density at radius 3 is 2.71 bits per heavy atom. The van der Waals surface area contributed by atoms with Crippen molar-refractivity contribution in [1.82, 2.24) is 0 Å². The lowest BCUT2D eigenvalue weighted by Gasteiger charge is -2.22. The first-order valence-electron chi connectivity index (χ1n) is 13.3. The lowest BCUT2D eigenvalue weighted by Crippen LogP contribution is -2.24. The molecule has 1 unspecified atom stereocenters. The van der Waals surface area contributed by atoms with E-state index in [1.807, 2.05) is 49.4 Å². The molecule has 6 nitrogen and oxygen atoms in total. The molecule has 1 heterocycles. The van der Waals surface area contributed by atoms with Gasteiger partial charge in [0.05, 0.1) is 18.8 Å². The average molecular weight is 517 g/mol. The van der Waals surface area contributed by atoms with Crippen molar-refractivity contribution < 1.29 is 28.9 Å². The SMILES string of the molecule is CC#CCC(C)[C@H](O)/C=C/[C@@H]1[C@H]2c3cccc(CCCC(=O)OC)c3O[C@H]2C[C@H]1OC(=O)c1ccccc1. The van der Waals surface area contributed by atoms with Gasteiger partial charge >= 0.3 is 11.9 Å². The van der Waals surface area contributed by atoms with E-state index in [9.17, 15) is 14.7 Å². The molecule has 1 aliphatic carbocycles. The monoisotopic (exact) mass is 516 g/mol. The summed E-state index contributed by atoms with van der Waals surface area (Å²) in [5.74, 6) is 6.01. The number of carbonyl (C=O) groups excluding carboxylic acids is 2. The Balaban J connectivity index is 1.57. The number of aliphatic hydroxyl groups excluding tert-OH is 1. The molecule has 0 bridgehead atoms. The highest BCUT2D eigenvalue weighted by Crippen LogP contribution is 2.53. The third-order valence-electron chi connectivity index (χ3n) is 7.50. The molecule has 0 aromatic heterocycles. The van der Waals surface area contributed by atoms with E-state index in [2.05, 4.69) is 17.9 Å². The van der Waals surface area contributed by atoms with Crippen LogP contribution in [0.15, 0.2) is 60.7 Å². The fourth-order valence-corrected chi connectivity index (χ4v) is 5.39. The molecule has 1 saturated carbocycles. The number of carbonyl (C=O) groups is 2. The van der Waals surface area contributed by atoms with Gasteiger partial charge in [-0.15, -0.1) is 11.8 Å². The summed E-state index contributed by atoms with van der Waals surface area (Å²) in [6.45, 7) is 3.76. The van der Waals surface area contributed by atoms with E-state index in [0.717, 1.165) is 16.9 Å². The van der Waals surface area contributed by atoms with Crippen molar-refractivity contribution in [2.75, 3.05) is 7.11 Å². The highest BCUT2D eigenvalue weighted by atomic mass is 16.6. The zero-order valence-electron chi connectivity index (χ0n) is 22.3. The molecule has 0 amide bonds. The fourth-order valence-electron chi connectivity index (χ4n) is 5.39. The number of hydrogen-bond acceptors (Lipinski definition) is 6. The molecule has 6 atom stereocenters. The maximum atomic E-state index is 12.9. The number of rotatable bonds is 10. The molecule has 1 aliphatic heterocycles. The number of aryl methyl sites for hydroxylation is 1. The summed E-state index contributed by atoms with van der Waals surface area (Å²) >= 11 is 0. The number of para-hydroxylation sites is 1. The van der Waals surface area contributed by atoms with Crippen molar-refractivity contribution >= 4 is 11.9 Å². The van der Waals surface area contributed by atoms with Crippen LogP contribution in [0.4, 0.5) is 0 Å².